The minimum absolute atomic E-state index is 0.117. The Bertz CT molecular complexity index is 1250. The molecule has 178 valence electrons. The zero-order valence-corrected chi connectivity index (χ0v) is 19.8. The van der Waals surface area contributed by atoms with Crippen molar-refractivity contribution in [2.75, 3.05) is 19.5 Å². The molecular weight excluding hydrogens is 456 g/mol. The van der Waals surface area contributed by atoms with E-state index in [9.17, 15) is 9.59 Å². The number of nitrogens with one attached hydrogen (secondary N) is 4. The predicted molar refractivity (Wildman–Crippen MR) is 131 cm³/mol. The van der Waals surface area contributed by atoms with Gasteiger partial charge in [-0.1, -0.05) is 18.2 Å². The van der Waals surface area contributed by atoms with Gasteiger partial charge >= 0.3 is 0 Å². The third-order valence-electron chi connectivity index (χ3n) is 5.95. The minimum Gasteiger partial charge on any atom is -0.494 e. The highest BCUT2D eigenvalue weighted by Gasteiger charge is 2.28. The standard InChI is InChI=1S/C24H27ClN6O3/c1-31-17-9-4-10-18(34-2)21(17)30-22(31)16(8-5-11-27-19(26)12-25)29-23(32)15-7-3-6-14-13-28-24(33)20(14)15/h3-4,6-7,9-10,16H,5,8,11-13H2,1-2H3,(H2,26,27)(H,28,33)(H,29,32). The van der Waals surface area contributed by atoms with E-state index in [1.807, 2.05) is 35.9 Å². The summed E-state index contributed by atoms with van der Waals surface area (Å²) in [6, 6.07) is 10.6. The first-order valence-electron chi connectivity index (χ1n) is 11.0. The van der Waals surface area contributed by atoms with E-state index in [1.54, 1.807) is 19.2 Å². The van der Waals surface area contributed by atoms with E-state index in [0.717, 1.165) is 11.1 Å². The van der Waals surface area contributed by atoms with E-state index in [4.69, 9.17) is 26.7 Å². The molecule has 0 spiro atoms. The summed E-state index contributed by atoms with van der Waals surface area (Å²) in [5.74, 6) is 1.12. The van der Waals surface area contributed by atoms with E-state index in [2.05, 4.69) is 16.0 Å². The van der Waals surface area contributed by atoms with Gasteiger partial charge in [-0.15, -0.1) is 11.6 Å². The summed E-state index contributed by atoms with van der Waals surface area (Å²) in [7, 11) is 3.50. The van der Waals surface area contributed by atoms with Gasteiger partial charge in [-0.2, -0.15) is 0 Å². The van der Waals surface area contributed by atoms with Crippen molar-refractivity contribution >= 4 is 40.3 Å². The Morgan fingerprint density at radius 2 is 2.12 bits per heavy atom. The van der Waals surface area contributed by atoms with Crippen LogP contribution in [-0.2, 0) is 13.6 Å². The highest BCUT2D eigenvalue weighted by atomic mass is 35.5. The van der Waals surface area contributed by atoms with E-state index in [-0.39, 0.29) is 23.5 Å². The molecule has 9 nitrogen and oxygen atoms in total. The molecule has 0 saturated carbocycles. The zero-order valence-electron chi connectivity index (χ0n) is 19.1. The number of ether oxygens (including phenoxy) is 1. The van der Waals surface area contributed by atoms with Gasteiger partial charge in [0.15, 0.2) is 0 Å². The first kappa shape index (κ1) is 23.6. The van der Waals surface area contributed by atoms with E-state index in [0.29, 0.717) is 54.1 Å². The molecule has 4 N–H and O–H groups in total. The summed E-state index contributed by atoms with van der Waals surface area (Å²) in [5, 5.41) is 16.5. The molecule has 3 aromatic rings. The minimum atomic E-state index is -0.429. The third kappa shape index (κ3) is 4.56. The number of carbonyl (C=O) groups is 2. The van der Waals surface area contributed by atoms with Crippen molar-refractivity contribution in [3.63, 3.8) is 0 Å². The summed E-state index contributed by atoms with van der Waals surface area (Å²) in [4.78, 5) is 30.5. The van der Waals surface area contributed by atoms with Crippen LogP contribution in [0.5, 0.6) is 5.75 Å². The van der Waals surface area contributed by atoms with Gasteiger partial charge in [-0.05, 0) is 36.6 Å². The molecule has 1 aliphatic rings. The molecule has 0 aliphatic carbocycles. The fourth-order valence-corrected chi connectivity index (χ4v) is 4.34. The number of fused-ring (bicyclic) bond motifs is 2. The number of hydrogen-bond donors (Lipinski definition) is 4. The molecule has 2 aromatic carbocycles. The van der Waals surface area contributed by atoms with Crippen molar-refractivity contribution in [2.24, 2.45) is 7.05 Å². The molecule has 0 fully saturated rings. The molecule has 0 radical (unpaired) electrons. The number of hydrogen-bond acceptors (Lipinski definition) is 5. The lowest BCUT2D eigenvalue weighted by Crippen LogP contribution is -2.32. The third-order valence-corrected chi connectivity index (χ3v) is 6.22. The van der Waals surface area contributed by atoms with Crippen LogP contribution in [0, 0.1) is 5.41 Å². The second-order valence-corrected chi connectivity index (χ2v) is 8.35. The van der Waals surface area contributed by atoms with Gasteiger partial charge in [0.2, 0.25) is 0 Å². The van der Waals surface area contributed by atoms with Gasteiger partial charge < -0.3 is 25.3 Å². The molecule has 1 unspecified atom stereocenters. The highest BCUT2D eigenvalue weighted by molar-refractivity contribution is 6.27. The molecule has 0 bridgehead atoms. The van der Waals surface area contributed by atoms with Crippen LogP contribution >= 0.6 is 11.6 Å². The number of benzene rings is 2. The lowest BCUT2D eigenvalue weighted by molar-refractivity contribution is 0.0912. The number of rotatable bonds is 9. The van der Waals surface area contributed by atoms with E-state index < -0.39 is 6.04 Å². The Kier molecular flexibility index (Phi) is 7.02. The molecule has 2 amide bonds. The lowest BCUT2D eigenvalue weighted by Gasteiger charge is -2.20. The second kappa shape index (κ2) is 10.1. The first-order chi connectivity index (χ1) is 16.4. The molecule has 34 heavy (non-hydrogen) atoms. The Hall–Kier alpha value is -3.59. The molecule has 1 atom stereocenters. The molecule has 1 aromatic heterocycles. The average molecular weight is 483 g/mol. The maximum Gasteiger partial charge on any atom is 0.252 e. The molecule has 10 heteroatoms. The van der Waals surface area contributed by atoms with Crippen LogP contribution in [0.3, 0.4) is 0 Å². The largest absolute Gasteiger partial charge is 0.494 e. The second-order valence-electron chi connectivity index (χ2n) is 8.09. The average Bonchev–Trinajstić information content (AvgIpc) is 3.40. The maximum absolute atomic E-state index is 13.4. The lowest BCUT2D eigenvalue weighted by atomic mass is 10.0. The Labute approximate surface area is 202 Å². The molecule has 0 saturated heterocycles. The van der Waals surface area contributed by atoms with Gasteiger partial charge in [0.1, 0.15) is 22.9 Å². The van der Waals surface area contributed by atoms with Gasteiger partial charge in [0.05, 0.1) is 35.7 Å². The summed E-state index contributed by atoms with van der Waals surface area (Å²) in [5.41, 5.74) is 3.17. The van der Waals surface area contributed by atoms with Crippen LogP contribution in [-0.4, -0.2) is 46.7 Å². The number of amides is 2. The van der Waals surface area contributed by atoms with Gasteiger partial charge in [0, 0.05) is 20.1 Å². The van der Waals surface area contributed by atoms with Crippen LogP contribution in [0.4, 0.5) is 0 Å². The van der Waals surface area contributed by atoms with Gasteiger partial charge in [0.25, 0.3) is 11.8 Å². The van der Waals surface area contributed by atoms with Crippen LogP contribution in [0.1, 0.15) is 51.0 Å². The fraction of sp³-hybridized carbons (Fsp3) is 0.333. The van der Waals surface area contributed by atoms with Crippen LogP contribution in [0.25, 0.3) is 11.0 Å². The number of aryl methyl sites for hydroxylation is 1. The Morgan fingerprint density at radius 1 is 1.32 bits per heavy atom. The summed E-state index contributed by atoms with van der Waals surface area (Å²) in [6.07, 6.45) is 1.23. The van der Waals surface area contributed by atoms with Crippen molar-refractivity contribution in [3.05, 3.63) is 58.9 Å². The quantitative estimate of drug-likeness (QED) is 0.162. The number of halogens is 1. The number of carbonyl (C=O) groups excluding carboxylic acids is 2. The first-order valence-corrected chi connectivity index (χ1v) is 11.6. The predicted octanol–water partition coefficient (Wildman–Crippen LogP) is 2.88. The fourth-order valence-electron chi connectivity index (χ4n) is 4.25. The summed E-state index contributed by atoms with van der Waals surface area (Å²) in [6.45, 7) is 0.954. The summed E-state index contributed by atoms with van der Waals surface area (Å²) < 4.78 is 7.42. The van der Waals surface area contributed by atoms with Crippen molar-refractivity contribution in [1.82, 2.24) is 25.5 Å². The number of aromatic nitrogens is 2. The molecule has 2 heterocycles. The van der Waals surface area contributed by atoms with Crippen molar-refractivity contribution in [2.45, 2.75) is 25.4 Å². The Morgan fingerprint density at radius 3 is 2.88 bits per heavy atom. The number of nitrogens with zero attached hydrogens (tertiary/aromatic N) is 2. The molecule has 4 rings (SSSR count). The number of para-hydroxylation sites is 1. The van der Waals surface area contributed by atoms with Crippen LogP contribution in [0.15, 0.2) is 36.4 Å². The van der Waals surface area contributed by atoms with Crippen LogP contribution in [0.2, 0.25) is 0 Å². The molecule has 1 aliphatic heterocycles. The highest BCUT2D eigenvalue weighted by Crippen LogP contribution is 2.29. The number of amidine groups is 1. The SMILES string of the molecule is COc1cccc2c1nc(C(CCCNC(=N)CCl)NC(=O)c1cccc3c1C(=O)NC3)n2C. The summed E-state index contributed by atoms with van der Waals surface area (Å²) >= 11 is 5.68. The maximum atomic E-state index is 13.4. The number of alkyl halides is 1. The Balaban J connectivity index is 1.64. The topological polar surface area (TPSA) is 121 Å². The molecular formula is C24H27ClN6O3. The number of imidazole rings is 1. The van der Waals surface area contributed by atoms with E-state index in [1.165, 1.54) is 0 Å². The zero-order chi connectivity index (χ0) is 24.2. The van der Waals surface area contributed by atoms with Gasteiger partial charge in [-0.3, -0.25) is 15.0 Å². The monoisotopic (exact) mass is 482 g/mol. The van der Waals surface area contributed by atoms with Crippen molar-refractivity contribution in [1.29, 1.82) is 5.41 Å². The van der Waals surface area contributed by atoms with E-state index >= 15 is 0 Å². The smallest absolute Gasteiger partial charge is 0.252 e. The number of methoxy groups -OCH3 is 1. The van der Waals surface area contributed by atoms with Crippen molar-refractivity contribution < 1.29 is 14.3 Å². The van der Waals surface area contributed by atoms with Gasteiger partial charge in [-0.25, -0.2) is 4.98 Å². The van der Waals surface area contributed by atoms with Crippen molar-refractivity contribution in [3.8, 4) is 5.75 Å². The normalized spacial score (nSPS) is 13.3. The van der Waals surface area contributed by atoms with Crippen LogP contribution < -0.4 is 20.7 Å².